The summed E-state index contributed by atoms with van der Waals surface area (Å²) in [4.78, 5) is 7.61. The number of rotatable bonds is 3. The molecule has 25 heavy (non-hydrogen) atoms. The van der Waals surface area contributed by atoms with E-state index in [2.05, 4.69) is 106 Å². The first-order valence-electron chi connectivity index (χ1n) is 8.54. The van der Waals surface area contributed by atoms with Crippen LogP contribution in [-0.4, -0.2) is 16.7 Å². The van der Waals surface area contributed by atoms with Crippen LogP contribution in [0.1, 0.15) is 28.9 Å². The van der Waals surface area contributed by atoms with Crippen LogP contribution in [0.5, 0.6) is 0 Å². The number of hydrogen-bond donors (Lipinski definition) is 0. The van der Waals surface area contributed by atoms with E-state index in [0.29, 0.717) is 12.1 Å². The Balaban J connectivity index is 1.57. The SMILES string of the molecule is Brc1ccc([C@@H]2N=C(c3ccccc3)[C@H]3[C@H](c4ccccc4)N23)cc1. The molecular formula is C22H17BrN2. The molecule has 0 saturated carbocycles. The maximum absolute atomic E-state index is 5.09. The van der Waals surface area contributed by atoms with Gasteiger partial charge in [-0.05, 0) is 28.8 Å². The Hall–Kier alpha value is -2.23. The lowest BCUT2D eigenvalue weighted by Crippen LogP contribution is -2.08. The van der Waals surface area contributed by atoms with Gasteiger partial charge in [0.05, 0.1) is 17.8 Å². The third kappa shape index (κ3) is 2.55. The largest absolute Gasteiger partial charge is 0.263 e. The van der Waals surface area contributed by atoms with Crippen molar-refractivity contribution in [3.63, 3.8) is 0 Å². The molecule has 0 amide bonds. The number of benzene rings is 3. The molecule has 122 valence electrons. The van der Waals surface area contributed by atoms with Crippen molar-refractivity contribution in [2.24, 2.45) is 4.99 Å². The van der Waals surface area contributed by atoms with Crippen LogP contribution in [0, 0.1) is 0 Å². The number of nitrogens with zero attached hydrogens (tertiary/aromatic N) is 2. The summed E-state index contributed by atoms with van der Waals surface area (Å²) in [5.41, 5.74) is 5.06. The van der Waals surface area contributed by atoms with Gasteiger partial charge in [-0.25, -0.2) is 0 Å². The number of halogens is 1. The molecule has 1 fully saturated rings. The van der Waals surface area contributed by atoms with E-state index in [4.69, 9.17) is 4.99 Å². The van der Waals surface area contributed by atoms with Gasteiger partial charge in [0.25, 0.3) is 0 Å². The highest BCUT2D eigenvalue weighted by Crippen LogP contribution is 2.55. The zero-order valence-electron chi connectivity index (χ0n) is 13.6. The normalized spacial score (nSPS) is 26.8. The predicted octanol–water partition coefficient (Wildman–Crippen LogP) is 5.38. The third-order valence-electron chi connectivity index (χ3n) is 5.05. The summed E-state index contributed by atoms with van der Waals surface area (Å²) in [5.74, 6) is 0. The molecule has 0 radical (unpaired) electrons. The molecule has 3 heteroatoms. The van der Waals surface area contributed by atoms with Gasteiger partial charge in [0.15, 0.2) is 0 Å². The lowest BCUT2D eigenvalue weighted by Gasteiger charge is -2.14. The molecule has 2 aliphatic heterocycles. The topological polar surface area (TPSA) is 15.4 Å². The second kappa shape index (κ2) is 5.94. The molecule has 5 rings (SSSR count). The van der Waals surface area contributed by atoms with Gasteiger partial charge >= 0.3 is 0 Å². The molecule has 2 aliphatic rings. The van der Waals surface area contributed by atoms with Crippen molar-refractivity contribution in [3.8, 4) is 0 Å². The zero-order valence-corrected chi connectivity index (χ0v) is 15.2. The molecule has 2 nitrogen and oxygen atoms in total. The van der Waals surface area contributed by atoms with Crippen molar-refractivity contribution in [3.05, 3.63) is 106 Å². The summed E-state index contributed by atoms with van der Waals surface area (Å²) in [6.07, 6.45) is 0.0958. The van der Waals surface area contributed by atoms with E-state index in [1.165, 1.54) is 22.4 Å². The first kappa shape index (κ1) is 15.1. The van der Waals surface area contributed by atoms with Crippen LogP contribution in [0.3, 0.4) is 0 Å². The summed E-state index contributed by atoms with van der Waals surface area (Å²) in [7, 11) is 0. The number of hydrogen-bond acceptors (Lipinski definition) is 2. The number of fused-ring (bicyclic) bond motifs is 1. The van der Waals surface area contributed by atoms with Crippen LogP contribution < -0.4 is 0 Å². The molecule has 4 atom stereocenters. The molecular weight excluding hydrogens is 372 g/mol. The van der Waals surface area contributed by atoms with E-state index in [1.807, 2.05) is 0 Å². The van der Waals surface area contributed by atoms with E-state index in [0.717, 1.165) is 4.47 Å². The van der Waals surface area contributed by atoms with Gasteiger partial charge in [0.1, 0.15) is 6.17 Å². The minimum atomic E-state index is 0.0958. The van der Waals surface area contributed by atoms with Crippen molar-refractivity contribution in [2.75, 3.05) is 0 Å². The van der Waals surface area contributed by atoms with Crippen molar-refractivity contribution in [2.45, 2.75) is 18.2 Å². The Labute approximate surface area is 156 Å². The third-order valence-corrected chi connectivity index (χ3v) is 5.58. The van der Waals surface area contributed by atoms with E-state index in [1.54, 1.807) is 0 Å². The molecule has 2 heterocycles. The van der Waals surface area contributed by atoms with Gasteiger partial charge in [-0.15, -0.1) is 0 Å². The second-order valence-corrected chi connectivity index (χ2v) is 7.47. The first-order valence-corrected chi connectivity index (χ1v) is 9.33. The average Bonchev–Trinajstić information content (AvgIpc) is 3.28. The van der Waals surface area contributed by atoms with Gasteiger partial charge < -0.3 is 0 Å². The van der Waals surface area contributed by atoms with Crippen LogP contribution in [0.15, 0.2) is 94.4 Å². The molecule has 0 aliphatic carbocycles. The summed E-state index contributed by atoms with van der Waals surface area (Å²) >= 11 is 3.53. The summed E-state index contributed by atoms with van der Waals surface area (Å²) in [6.45, 7) is 0. The van der Waals surface area contributed by atoms with Gasteiger partial charge in [0, 0.05) is 4.47 Å². The lowest BCUT2D eigenvalue weighted by atomic mass is 10.0. The highest BCUT2D eigenvalue weighted by atomic mass is 79.9. The molecule has 3 aromatic carbocycles. The Bertz CT molecular complexity index is 919. The van der Waals surface area contributed by atoms with Gasteiger partial charge in [-0.2, -0.15) is 0 Å². The molecule has 0 bridgehead atoms. The average molecular weight is 389 g/mol. The molecule has 1 unspecified atom stereocenters. The van der Waals surface area contributed by atoms with Crippen LogP contribution in [0.25, 0.3) is 0 Å². The fourth-order valence-corrected chi connectivity index (χ4v) is 4.12. The predicted molar refractivity (Wildman–Crippen MR) is 105 cm³/mol. The Morgan fingerprint density at radius 3 is 2.00 bits per heavy atom. The minimum absolute atomic E-state index is 0.0958. The van der Waals surface area contributed by atoms with Crippen LogP contribution in [0.2, 0.25) is 0 Å². The Morgan fingerprint density at radius 2 is 1.32 bits per heavy atom. The second-order valence-electron chi connectivity index (χ2n) is 6.55. The molecule has 0 aromatic heterocycles. The van der Waals surface area contributed by atoms with E-state index < -0.39 is 0 Å². The Morgan fingerprint density at radius 1 is 0.680 bits per heavy atom. The molecule has 1 saturated heterocycles. The number of aliphatic imine (C=N–C) groups is 1. The van der Waals surface area contributed by atoms with Crippen molar-refractivity contribution in [1.29, 1.82) is 0 Å². The maximum atomic E-state index is 5.09. The van der Waals surface area contributed by atoms with Crippen LogP contribution >= 0.6 is 15.9 Å². The standard InChI is InChI=1S/C22H17BrN2/c23-18-13-11-17(12-14-18)22-24-19(15-7-3-1-4-8-15)21-20(25(21)22)16-9-5-2-6-10-16/h1-14,20-22H/t20-,21-,22+,25?/m0/s1. The van der Waals surface area contributed by atoms with E-state index >= 15 is 0 Å². The quantitative estimate of drug-likeness (QED) is 0.550. The monoisotopic (exact) mass is 388 g/mol. The highest BCUT2D eigenvalue weighted by molar-refractivity contribution is 9.10. The van der Waals surface area contributed by atoms with Crippen molar-refractivity contribution >= 4 is 21.6 Å². The van der Waals surface area contributed by atoms with Gasteiger partial charge in [-0.1, -0.05) is 88.7 Å². The first-order chi connectivity index (χ1) is 12.3. The van der Waals surface area contributed by atoms with E-state index in [-0.39, 0.29) is 6.17 Å². The van der Waals surface area contributed by atoms with Crippen molar-refractivity contribution < 1.29 is 0 Å². The smallest absolute Gasteiger partial charge is 0.129 e. The minimum Gasteiger partial charge on any atom is -0.263 e. The Kier molecular flexibility index (Phi) is 3.58. The summed E-state index contributed by atoms with van der Waals surface area (Å²) in [5, 5.41) is 0. The van der Waals surface area contributed by atoms with Crippen molar-refractivity contribution in [1.82, 2.24) is 4.90 Å². The van der Waals surface area contributed by atoms with Gasteiger partial charge in [0.2, 0.25) is 0 Å². The maximum Gasteiger partial charge on any atom is 0.129 e. The van der Waals surface area contributed by atoms with Gasteiger partial charge in [-0.3, -0.25) is 9.89 Å². The van der Waals surface area contributed by atoms with Crippen LogP contribution in [0.4, 0.5) is 0 Å². The van der Waals surface area contributed by atoms with Crippen LogP contribution in [-0.2, 0) is 0 Å². The lowest BCUT2D eigenvalue weighted by molar-refractivity contribution is 0.404. The highest BCUT2D eigenvalue weighted by Gasteiger charge is 2.59. The van der Waals surface area contributed by atoms with E-state index in [9.17, 15) is 0 Å². The molecule has 3 aromatic rings. The fourth-order valence-electron chi connectivity index (χ4n) is 3.86. The fraction of sp³-hybridized carbons (Fsp3) is 0.136. The zero-order chi connectivity index (χ0) is 16.8. The summed E-state index contributed by atoms with van der Waals surface area (Å²) < 4.78 is 1.10. The molecule has 0 spiro atoms. The summed E-state index contributed by atoms with van der Waals surface area (Å²) in [6, 6.07) is 30.7. The molecule has 0 N–H and O–H groups in total.